The molecule has 1 amide bonds. The van der Waals surface area contributed by atoms with Crippen LogP contribution in [0.2, 0.25) is 0 Å². The second kappa shape index (κ2) is 8.97. The van der Waals surface area contributed by atoms with Crippen molar-refractivity contribution >= 4 is 32.7 Å². The summed E-state index contributed by atoms with van der Waals surface area (Å²) >= 11 is 0. The molecule has 0 saturated heterocycles. The Morgan fingerprint density at radius 2 is 1.80 bits per heavy atom. The van der Waals surface area contributed by atoms with E-state index in [4.69, 9.17) is 0 Å². The van der Waals surface area contributed by atoms with Crippen LogP contribution in [0, 0.1) is 0 Å². The van der Waals surface area contributed by atoms with Gasteiger partial charge in [0, 0.05) is 39.2 Å². The molecular formula is C22H28N4O3S. The van der Waals surface area contributed by atoms with E-state index in [-0.39, 0.29) is 10.8 Å². The van der Waals surface area contributed by atoms with Crippen molar-refractivity contribution in [2.75, 3.05) is 19.4 Å². The lowest BCUT2D eigenvalue weighted by molar-refractivity contribution is -0.116. The standard InChI is InChI=1S/C22H28N4O3S/c1-5-16-7-9-17(10-8-16)23-22(27)14-13-21-24-19-15-18(30(28,29)25(3)4)11-12-20(19)26(21)6-2/h7-12,15H,5-6,13-14H2,1-4H3,(H,23,27). The molecule has 1 heterocycles. The molecule has 7 nitrogen and oxygen atoms in total. The Morgan fingerprint density at radius 3 is 2.40 bits per heavy atom. The number of anilines is 1. The van der Waals surface area contributed by atoms with Crippen molar-refractivity contribution in [3.63, 3.8) is 0 Å². The molecule has 160 valence electrons. The van der Waals surface area contributed by atoms with Crippen molar-refractivity contribution in [1.82, 2.24) is 13.9 Å². The van der Waals surface area contributed by atoms with Gasteiger partial charge in [-0.1, -0.05) is 19.1 Å². The average Bonchev–Trinajstić information content (AvgIpc) is 3.09. The number of hydrogen-bond donors (Lipinski definition) is 1. The van der Waals surface area contributed by atoms with Crippen LogP contribution in [0.15, 0.2) is 47.4 Å². The van der Waals surface area contributed by atoms with E-state index >= 15 is 0 Å². The number of nitrogens with one attached hydrogen (secondary N) is 1. The Balaban J connectivity index is 1.77. The van der Waals surface area contributed by atoms with Crippen molar-refractivity contribution in [2.24, 2.45) is 0 Å². The van der Waals surface area contributed by atoms with E-state index in [1.54, 1.807) is 18.2 Å². The van der Waals surface area contributed by atoms with Crippen LogP contribution in [-0.2, 0) is 34.2 Å². The predicted octanol–water partition coefficient (Wildman–Crippen LogP) is 3.44. The lowest BCUT2D eigenvalue weighted by atomic mass is 10.1. The summed E-state index contributed by atoms with van der Waals surface area (Å²) in [5, 5.41) is 2.92. The highest BCUT2D eigenvalue weighted by molar-refractivity contribution is 7.89. The summed E-state index contributed by atoms with van der Waals surface area (Å²) in [7, 11) is -0.516. The molecule has 8 heteroatoms. The van der Waals surface area contributed by atoms with Gasteiger partial charge in [0.25, 0.3) is 0 Å². The Kier molecular flexibility index (Phi) is 6.58. The van der Waals surface area contributed by atoms with Crippen LogP contribution in [0.5, 0.6) is 0 Å². The number of carbonyl (C=O) groups excluding carboxylic acids is 1. The summed E-state index contributed by atoms with van der Waals surface area (Å²) in [6.45, 7) is 4.78. The predicted molar refractivity (Wildman–Crippen MR) is 119 cm³/mol. The third-order valence-electron chi connectivity index (χ3n) is 5.12. The van der Waals surface area contributed by atoms with E-state index in [0.29, 0.717) is 24.9 Å². The van der Waals surface area contributed by atoms with Crippen LogP contribution in [0.3, 0.4) is 0 Å². The van der Waals surface area contributed by atoms with Crippen molar-refractivity contribution in [1.29, 1.82) is 0 Å². The number of aromatic nitrogens is 2. The number of carbonyl (C=O) groups is 1. The zero-order chi connectivity index (χ0) is 21.9. The highest BCUT2D eigenvalue weighted by Gasteiger charge is 2.19. The smallest absolute Gasteiger partial charge is 0.242 e. The SMILES string of the molecule is CCc1ccc(NC(=O)CCc2nc3cc(S(=O)(=O)N(C)C)ccc3n2CC)cc1. The van der Waals surface area contributed by atoms with Gasteiger partial charge >= 0.3 is 0 Å². The number of aryl methyl sites for hydroxylation is 3. The lowest BCUT2D eigenvalue weighted by Gasteiger charge is -2.11. The molecule has 0 fully saturated rings. The molecule has 1 N–H and O–H groups in total. The summed E-state index contributed by atoms with van der Waals surface area (Å²) in [6.07, 6.45) is 1.72. The molecule has 0 bridgehead atoms. The second-order valence-electron chi connectivity index (χ2n) is 7.31. The molecule has 0 atom stereocenters. The molecule has 0 aliphatic heterocycles. The summed E-state index contributed by atoms with van der Waals surface area (Å²) < 4.78 is 28.0. The summed E-state index contributed by atoms with van der Waals surface area (Å²) in [4.78, 5) is 17.2. The molecule has 0 radical (unpaired) electrons. The number of amides is 1. The van der Waals surface area contributed by atoms with Crippen LogP contribution in [-0.4, -0.2) is 42.3 Å². The Bertz CT molecular complexity index is 1150. The summed E-state index contributed by atoms with van der Waals surface area (Å²) in [5.41, 5.74) is 3.48. The minimum atomic E-state index is -3.52. The first-order valence-electron chi connectivity index (χ1n) is 10.1. The van der Waals surface area contributed by atoms with Crippen molar-refractivity contribution in [2.45, 2.75) is 44.6 Å². The van der Waals surface area contributed by atoms with Crippen LogP contribution >= 0.6 is 0 Å². The molecular weight excluding hydrogens is 400 g/mol. The van der Waals surface area contributed by atoms with Gasteiger partial charge in [0.05, 0.1) is 15.9 Å². The first kappa shape index (κ1) is 22.0. The van der Waals surface area contributed by atoms with Gasteiger partial charge in [0.1, 0.15) is 5.82 Å². The Hall–Kier alpha value is -2.71. The number of hydrogen-bond acceptors (Lipinski definition) is 4. The highest BCUT2D eigenvalue weighted by atomic mass is 32.2. The van der Waals surface area contributed by atoms with Crippen molar-refractivity contribution < 1.29 is 13.2 Å². The van der Waals surface area contributed by atoms with Gasteiger partial charge in [-0.2, -0.15) is 0 Å². The number of benzene rings is 2. The lowest BCUT2D eigenvalue weighted by Crippen LogP contribution is -2.22. The van der Waals surface area contributed by atoms with Gasteiger partial charge in [-0.15, -0.1) is 0 Å². The van der Waals surface area contributed by atoms with Gasteiger partial charge in [-0.25, -0.2) is 17.7 Å². The van der Waals surface area contributed by atoms with Crippen LogP contribution in [0.4, 0.5) is 5.69 Å². The molecule has 0 aliphatic rings. The minimum absolute atomic E-state index is 0.0789. The molecule has 3 aromatic rings. The minimum Gasteiger partial charge on any atom is -0.328 e. The Labute approximate surface area is 177 Å². The third-order valence-corrected chi connectivity index (χ3v) is 6.93. The maximum atomic E-state index is 12.4. The second-order valence-corrected chi connectivity index (χ2v) is 9.46. The Morgan fingerprint density at radius 1 is 1.10 bits per heavy atom. The number of nitrogens with zero attached hydrogens (tertiary/aromatic N) is 3. The van der Waals surface area contributed by atoms with E-state index in [1.165, 1.54) is 24.0 Å². The van der Waals surface area contributed by atoms with Gasteiger partial charge in [0.2, 0.25) is 15.9 Å². The number of imidazole rings is 1. The maximum Gasteiger partial charge on any atom is 0.242 e. The topological polar surface area (TPSA) is 84.3 Å². The van der Waals surface area contributed by atoms with Crippen molar-refractivity contribution in [3.05, 3.63) is 53.9 Å². The van der Waals surface area contributed by atoms with Gasteiger partial charge in [0.15, 0.2) is 0 Å². The normalized spacial score (nSPS) is 11.9. The molecule has 0 unspecified atom stereocenters. The number of rotatable bonds is 8. The van der Waals surface area contributed by atoms with Crippen LogP contribution in [0.25, 0.3) is 11.0 Å². The first-order chi connectivity index (χ1) is 14.3. The monoisotopic (exact) mass is 428 g/mol. The fourth-order valence-electron chi connectivity index (χ4n) is 3.35. The van der Waals surface area contributed by atoms with E-state index in [2.05, 4.69) is 17.2 Å². The van der Waals surface area contributed by atoms with E-state index in [9.17, 15) is 13.2 Å². The molecule has 30 heavy (non-hydrogen) atoms. The largest absolute Gasteiger partial charge is 0.328 e. The molecule has 1 aromatic heterocycles. The molecule has 0 spiro atoms. The number of fused-ring (bicyclic) bond motifs is 1. The van der Waals surface area contributed by atoms with E-state index < -0.39 is 10.0 Å². The van der Waals surface area contributed by atoms with Crippen LogP contribution < -0.4 is 5.32 Å². The van der Waals surface area contributed by atoms with Crippen molar-refractivity contribution in [3.8, 4) is 0 Å². The zero-order valence-corrected chi connectivity index (χ0v) is 18.7. The highest BCUT2D eigenvalue weighted by Crippen LogP contribution is 2.23. The van der Waals surface area contributed by atoms with Crippen LogP contribution in [0.1, 0.15) is 31.7 Å². The fourth-order valence-corrected chi connectivity index (χ4v) is 4.27. The number of sulfonamides is 1. The van der Waals surface area contributed by atoms with Gasteiger partial charge in [-0.3, -0.25) is 4.79 Å². The average molecular weight is 429 g/mol. The summed E-state index contributed by atoms with van der Waals surface area (Å²) in [5.74, 6) is 0.688. The van der Waals surface area contributed by atoms with Gasteiger partial charge in [-0.05, 0) is 49.2 Å². The van der Waals surface area contributed by atoms with E-state index in [1.807, 2.05) is 35.8 Å². The molecule has 2 aromatic carbocycles. The molecule has 3 rings (SSSR count). The third kappa shape index (κ3) is 4.55. The molecule has 0 saturated carbocycles. The first-order valence-corrected chi connectivity index (χ1v) is 11.5. The quantitative estimate of drug-likeness (QED) is 0.596. The van der Waals surface area contributed by atoms with Gasteiger partial charge < -0.3 is 9.88 Å². The fraction of sp³-hybridized carbons (Fsp3) is 0.364. The maximum absolute atomic E-state index is 12.4. The molecule has 0 aliphatic carbocycles. The zero-order valence-electron chi connectivity index (χ0n) is 17.8. The van der Waals surface area contributed by atoms with E-state index in [0.717, 1.165) is 23.4 Å². The summed E-state index contributed by atoms with van der Waals surface area (Å²) in [6, 6.07) is 12.8.